The Morgan fingerprint density at radius 2 is 2.08 bits per heavy atom. The van der Waals surface area contributed by atoms with E-state index in [9.17, 15) is 32.5 Å². The molecule has 0 aliphatic carbocycles. The normalized spacial score (nSPS) is 11.1. The van der Waals surface area contributed by atoms with Crippen molar-refractivity contribution in [2.75, 3.05) is 11.9 Å². The van der Waals surface area contributed by atoms with E-state index in [1.807, 2.05) is 0 Å². The number of carbonyl (C=O) groups is 1. The maximum atomic E-state index is 13.7. The molecule has 0 aliphatic rings. The van der Waals surface area contributed by atoms with Crippen LogP contribution in [0.3, 0.4) is 0 Å². The summed E-state index contributed by atoms with van der Waals surface area (Å²) in [6, 6.07) is 2.02. The summed E-state index contributed by atoms with van der Waals surface area (Å²) in [5.41, 5.74) is -1.94. The fourth-order valence-corrected chi connectivity index (χ4v) is 1.72. The minimum Gasteiger partial charge on any atom is -0.482 e. The van der Waals surface area contributed by atoms with E-state index in [1.54, 1.807) is 0 Å². The van der Waals surface area contributed by atoms with Gasteiger partial charge in [-0.25, -0.2) is 14.8 Å². The zero-order valence-electron chi connectivity index (χ0n) is 12.5. The number of aromatic nitrogens is 2. The van der Waals surface area contributed by atoms with E-state index < -0.39 is 58.3 Å². The third-order valence-electron chi connectivity index (χ3n) is 2.76. The highest BCUT2D eigenvalue weighted by Gasteiger charge is 2.30. The highest BCUT2D eigenvalue weighted by molar-refractivity contribution is 5.85. The Bertz CT molecular complexity index is 859. The second kappa shape index (κ2) is 7.16. The molecular weight excluding hydrogens is 368 g/mol. The van der Waals surface area contributed by atoms with Gasteiger partial charge in [-0.2, -0.15) is 17.6 Å². The number of nitrogens with zero attached hydrogens (tertiary/aromatic N) is 3. The van der Waals surface area contributed by atoms with Crippen molar-refractivity contribution >= 4 is 23.3 Å². The van der Waals surface area contributed by atoms with Crippen LogP contribution in [-0.2, 0) is 0 Å². The van der Waals surface area contributed by atoms with Crippen molar-refractivity contribution < 1.29 is 37.1 Å². The first kappa shape index (κ1) is 18.8. The second-order valence-electron chi connectivity index (χ2n) is 4.66. The number of nitro benzene ring substituents is 1. The standard InChI is InChI=1S/C13H8F4N4O5/c14-6-3-10(26-5-13(15,16)17)8(4-9(6)21(24)25)20-12-18-2-1-7(19-12)11(22)23/h1-4H,5H2,(H,22,23)(H,18,19,20). The van der Waals surface area contributed by atoms with Gasteiger partial charge in [-0.15, -0.1) is 0 Å². The summed E-state index contributed by atoms with van der Waals surface area (Å²) in [4.78, 5) is 27.8. The molecule has 13 heteroatoms. The number of alkyl halides is 3. The smallest absolute Gasteiger partial charge is 0.422 e. The van der Waals surface area contributed by atoms with Gasteiger partial charge >= 0.3 is 17.8 Å². The third-order valence-corrected chi connectivity index (χ3v) is 2.76. The van der Waals surface area contributed by atoms with Gasteiger partial charge in [0.25, 0.3) is 0 Å². The first-order valence-corrected chi connectivity index (χ1v) is 6.57. The number of rotatable bonds is 6. The highest BCUT2D eigenvalue weighted by atomic mass is 19.4. The van der Waals surface area contributed by atoms with Gasteiger partial charge in [-0.1, -0.05) is 0 Å². The van der Waals surface area contributed by atoms with E-state index in [1.165, 1.54) is 0 Å². The zero-order valence-corrected chi connectivity index (χ0v) is 12.5. The molecule has 0 fully saturated rings. The molecule has 2 N–H and O–H groups in total. The lowest BCUT2D eigenvalue weighted by molar-refractivity contribution is -0.387. The summed E-state index contributed by atoms with van der Waals surface area (Å²) in [5.74, 6) is -3.93. The maximum Gasteiger partial charge on any atom is 0.422 e. The average Bonchev–Trinajstić information content (AvgIpc) is 2.54. The number of anilines is 2. The number of nitro groups is 1. The van der Waals surface area contributed by atoms with Crippen molar-refractivity contribution in [3.05, 3.63) is 46.0 Å². The summed E-state index contributed by atoms with van der Waals surface area (Å²) in [5, 5.41) is 21.9. The minimum atomic E-state index is -4.74. The lowest BCUT2D eigenvalue weighted by Gasteiger charge is -2.14. The minimum absolute atomic E-state index is 0.396. The summed E-state index contributed by atoms with van der Waals surface area (Å²) in [6.45, 7) is -1.78. The highest BCUT2D eigenvalue weighted by Crippen LogP contribution is 2.34. The van der Waals surface area contributed by atoms with Crippen LogP contribution < -0.4 is 10.1 Å². The molecule has 0 saturated heterocycles. The number of hydrogen-bond donors (Lipinski definition) is 2. The number of benzene rings is 1. The number of carboxylic acid groups (broad SMARTS) is 1. The van der Waals surface area contributed by atoms with Crippen molar-refractivity contribution in [3.63, 3.8) is 0 Å². The van der Waals surface area contributed by atoms with Gasteiger partial charge in [-0.05, 0) is 6.07 Å². The third kappa shape index (κ3) is 4.75. The van der Waals surface area contributed by atoms with Crippen LogP contribution in [0.5, 0.6) is 5.75 Å². The van der Waals surface area contributed by atoms with Gasteiger partial charge in [0.05, 0.1) is 10.6 Å². The van der Waals surface area contributed by atoms with E-state index in [4.69, 9.17) is 5.11 Å². The Kier molecular flexibility index (Phi) is 5.19. The van der Waals surface area contributed by atoms with Crippen LogP contribution in [0.1, 0.15) is 10.5 Å². The predicted octanol–water partition coefficient (Wildman–Crippen LogP) is 2.91. The van der Waals surface area contributed by atoms with E-state index in [-0.39, 0.29) is 0 Å². The van der Waals surface area contributed by atoms with Gasteiger partial charge in [-0.3, -0.25) is 10.1 Å². The van der Waals surface area contributed by atoms with Gasteiger partial charge in [0.15, 0.2) is 12.3 Å². The Balaban J connectivity index is 2.43. The average molecular weight is 376 g/mol. The quantitative estimate of drug-likeness (QED) is 0.447. The summed E-state index contributed by atoms with van der Waals surface area (Å²) in [6.07, 6.45) is -3.71. The summed E-state index contributed by atoms with van der Waals surface area (Å²) < 4.78 is 55.1. The molecule has 2 rings (SSSR count). The molecule has 9 nitrogen and oxygen atoms in total. The number of hydrogen-bond acceptors (Lipinski definition) is 7. The molecule has 0 aliphatic heterocycles. The van der Waals surface area contributed by atoms with Gasteiger partial charge in [0, 0.05) is 18.3 Å². The van der Waals surface area contributed by atoms with Crippen molar-refractivity contribution in [2.24, 2.45) is 0 Å². The molecule has 1 aromatic heterocycles. The van der Waals surface area contributed by atoms with Crippen LogP contribution in [-0.4, -0.2) is 38.8 Å². The number of carboxylic acids is 1. The summed E-state index contributed by atoms with van der Waals surface area (Å²) >= 11 is 0. The van der Waals surface area contributed by atoms with Gasteiger partial charge in [0.2, 0.25) is 11.8 Å². The fourth-order valence-electron chi connectivity index (χ4n) is 1.72. The van der Waals surface area contributed by atoms with E-state index in [0.29, 0.717) is 12.1 Å². The van der Waals surface area contributed by atoms with Crippen LogP contribution in [0.25, 0.3) is 0 Å². The van der Waals surface area contributed by atoms with Crippen molar-refractivity contribution in [3.8, 4) is 5.75 Å². The molecule has 0 saturated carbocycles. The molecule has 1 aromatic carbocycles. The molecular formula is C13H8F4N4O5. The molecule has 26 heavy (non-hydrogen) atoms. The molecule has 138 valence electrons. The zero-order chi connectivity index (χ0) is 19.5. The van der Waals surface area contributed by atoms with Crippen LogP contribution in [0, 0.1) is 15.9 Å². The largest absolute Gasteiger partial charge is 0.482 e. The second-order valence-corrected chi connectivity index (χ2v) is 4.66. The molecule has 0 spiro atoms. The van der Waals surface area contributed by atoms with Gasteiger partial charge in [0.1, 0.15) is 5.75 Å². The molecule has 0 unspecified atom stereocenters. The maximum absolute atomic E-state index is 13.7. The van der Waals surface area contributed by atoms with E-state index in [0.717, 1.165) is 12.3 Å². The first-order chi connectivity index (χ1) is 12.1. The fraction of sp³-hybridized carbons (Fsp3) is 0.154. The molecule has 2 aromatic rings. The van der Waals surface area contributed by atoms with Crippen LogP contribution in [0.15, 0.2) is 24.4 Å². The SMILES string of the molecule is O=C(O)c1ccnc(Nc2cc([N+](=O)[O-])c(F)cc2OCC(F)(F)F)n1. The topological polar surface area (TPSA) is 127 Å². The Hall–Kier alpha value is -3.51. The van der Waals surface area contributed by atoms with Crippen LogP contribution >= 0.6 is 0 Å². The number of ether oxygens (including phenoxy) is 1. The molecule has 0 bridgehead atoms. The first-order valence-electron chi connectivity index (χ1n) is 6.57. The summed E-state index contributed by atoms with van der Waals surface area (Å²) in [7, 11) is 0. The molecule has 0 radical (unpaired) electrons. The van der Waals surface area contributed by atoms with Crippen LogP contribution in [0.4, 0.5) is 34.9 Å². The lowest BCUT2D eigenvalue weighted by atomic mass is 10.2. The Morgan fingerprint density at radius 3 is 2.65 bits per heavy atom. The van der Waals surface area contributed by atoms with Crippen molar-refractivity contribution in [1.82, 2.24) is 9.97 Å². The van der Waals surface area contributed by atoms with Crippen molar-refractivity contribution in [1.29, 1.82) is 0 Å². The number of aromatic carboxylic acids is 1. The Morgan fingerprint density at radius 1 is 1.38 bits per heavy atom. The van der Waals surface area contributed by atoms with E-state index in [2.05, 4.69) is 20.0 Å². The van der Waals surface area contributed by atoms with E-state index >= 15 is 0 Å². The monoisotopic (exact) mass is 376 g/mol. The lowest BCUT2D eigenvalue weighted by Crippen LogP contribution is -2.20. The molecule has 0 amide bonds. The Labute approximate surface area is 141 Å². The predicted molar refractivity (Wildman–Crippen MR) is 76.9 cm³/mol. The van der Waals surface area contributed by atoms with Crippen molar-refractivity contribution in [2.45, 2.75) is 6.18 Å². The van der Waals surface area contributed by atoms with Crippen LogP contribution in [0.2, 0.25) is 0 Å². The molecule has 0 atom stereocenters. The van der Waals surface area contributed by atoms with Gasteiger partial charge < -0.3 is 15.2 Å². The number of halogens is 4. The molecule has 1 heterocycles. The number of nitrogens with one attached hydrogen (secondary N) is 1.